The van der Waals surface area contributed by atoms with Gasteiger partial charge >= 0.3 is 5.97 Å². The van der Waals surface area contributed by atoms with Crippen LogP contribution in [0.25, 0.3) is 6.08 Å². The maximum Gasteiger partial charge on any atom is 0.363 e. The first-order valence-electron chi connectivity index (χ1n) is 7.71. The summed E-state index contributed by atoms with van der Waals surface area (Å²) in [5.74, 6) is 1.06. The second kappa shape index (κ2) is 7.49. The number of cyclic esters (lactones) is 1. The summed E-state index contributed by atoms with van der Waals surface area (Å²) in [7, 11) is 1.58. The van der Waals surface area contributed by atoms with E-state index in [1.807, 2.05) is 36.4 Å². The lowest BCUT2D eigenvalue weighted by molar-refractivity contribution is -0.129. The van der Waals surface area contributed by atoms with Gasteiger partial charge in [0.1, 0.15) is 18.1 Å². The van der Waals surface area contributed by atoms with Crippen LogP contribution in [0.4, 0.5) is 0 Å². The minimum Gasteiger partial charge on any atom is -0.497 e. The number of hydrogen-bond donors (Lipinski definition) is 0. The van der Waals surface area contributed by atoms with E-state index in [9.17, 15) is 4.79 Å². The van der Waals surface area contributed by atoms with E-state index in [1.165, 1.54) is 0 Å². The SMILES string of the molecule is C=CCOc1ccccc1/C=C1\N=C(c2cccc(OC)c2)OC1=O. The summed E-state index contributed by atoms with van der Waals surface area (Å²) in [5, 5.41) is 0. The van der Waals surface area contributed by atoms with Crippen molar-refractivity contribution in [2.24, 2.45) is 4.99 Å². The third kappa shape index (κ3) is 3.77. The molecule has 126 valence electrons. The highest BCUT2D eigenvalue weighted by Gasteiger charge is 2.24. The molecule has 0 atom stereocenters. The van der Waals surface area contributed by atoms with Gasteiger partial charge in [-0.2, -0.15) is 0 Å². The molecule has 5 nitrogen and oxygen atoms in total. The predicted octanol–water partition coefficient (Wildman–Crippen LogP) is 3.60. The zero-order chi connectivity index (χ0) is 17.6. The normalized spacial score (nSPS) is 14.8. The van der Waals surface area contributed by atoms with Crippen LogP contribution in [-0.4, -0.2) is 25.6 Å². The van der Waals surface area contributed by atoms with Crippen LogP contribution in [0.15, 0.2) is 71.9 Å². The maximum atomic E-state index is 12.1. The Labute approximate surface area is 145 Å². The van der Waals surface area contributed by atoms with E-state index in [0.29, 0.717) is 23.7 Å². The molecule has 0 spiro atoms. The van der Waals surface area contributed by atoms with Crippen LogP contribution in [-0.2, 0) is 9.53 Å². The van der Waals surface area contributed by atoms with Crippen molar-refractivity contribution in [3.8, 4) is 11.5 Å². The Morgan fingerprint density at radius 1 is 1.20 bits per heavy atom. The van der Waals surface area contributed by atoms with E-state index in [4.69, 9.17) is 14.2 Å². The monoisotopic (exact) mass is 335 g/mol. The van der Waals surface area contributed by atoms with E-state index in [1.54, 1.807) is 31.4 Å². The Morgan fingerprint density at radius 2 is 2.04 bits per heavy atom. The molecule has 0 fully saturated rings. The van der Waals surface area contributed by atoms with Gasteiger partial charge in [0.2, 0.25) is 5.90 Å². The van der Waals surface area contributed by atoms with Crippen molar-refractivity contribution in [3.05, 3.63) is 78.0 Å². The highest BCUT2D eigenvalue weighted by molar-refractivity contribution is 6.13. The first-order valence-corrected chi connectivity index (χ1v) is 7.71. The molecule has 0 bridgehead atoms. The van der Waals surface area contributed by atoms with Crippen molar-refractivity contribution in [1.82, 2.24) is 0 Å². The van der Waals surface area contributed by atoms with Crippen molar-refractivity contribution in [2.75, 3.05) is 13.7 Å². The van der Waals surface area contributed by atoms with Gasteiger partial charge in [-0.25, -0.2) is 9.79 Å². The molecule has 0 amide bonds. The molecule has 1 aliphatic rings. The number of methoxy groups -OCH3 is 1. The number of rotatable bonds is 6. The number of ether oxygens (including phenoxy) is 3. The number of hydrogen-bond acceptors (Lipinski definition) is 5. The van der Waals surface area contributed by atoms with Gasteiger partial charge in [-0.15, -0.1) is 0 Å². The van der Waals surface area contributed by atoms with E-state index in [2.05, 4.69) is 11.6 Å². The van der Waals surface area contributed by atoms with Gasteiger partial charge in [0.05, 0.1) is 7.11 Å². The van der Waals surface area contributed by atoms with Crippen molar-refractivity contribution in [1.29, 1.82) is 0 Å². The summed E-state index contributed by atoms with van der Waals surface area (Å²) in [6.07, 6.45) is 3.31. The van der Waals surface area contributed by atoms with Crippen molar-refractivity contribution in [2.45, 2.75) is 0 Å². The summed E-state index contributed by atoms with van der Waals surface area (Å²) >= 11 is 0. The number of benzene rings is 2. The largest absolute Gasteiger partial charge is 0.497 e. The molecule has 3 rings (SSSR count). The molecule has 1 heterocycles. The smallest absolute Gasteiger partial charge is 0.363 e. The number of nitrogens with zero attached hydrogens (tertiary/aromatic N) is 1. The minimum absolute atomic E-state index is 0.215. The second-order valence-corrected chi connectivity index (χ2v) is 5.21. The van der Waals surface area contributed by atoms with Crippen LogP contribution >= 0.6 is 0 Å². The fourth-order valence-corrected chi connectivity index (χ4v) is 2.32. The summed E-state index contributed by atoms with van der Waals surface area (Å²) in [5.41, 5.74) is 1.63. The molecule has 1 aliphatic heterocycles. The summed E-state index contributed by atoms with van der Waals surface area (Å²) in [6, 6.07) is 14.6. The zero-order valence-corrected chi connectivity index (χ0v) is 13.8. The number of esters is 1. The quantitative estimate of drug-likeness (QED) is 0.460. The summed E-state index contributed by atoms with van der Waals surface area (Å²) in [6.45, 7) is 4.01. The van der Waals surface area contributed by atoms with Gasteiger partial charge in [0.15, 0.2) is 5.70 Å². The topological polar surface area (TPSA) is 57.1 Å². The average Bonchev–Trinajstić information content (AvgIpc) is 3.01. The molecule has 5 heteroatoms. The average molecular weight is 335 g/mol. The lowest BCUT2D eigenvalue weighted by Gasteiger charge is -2.06. The first-order chi connectivity index (χ1) is 12.2. The fourth-order valence-electron chi connectivity index (χ4n) is 2.32. The number of carbonyl (C=O) groups is 1. The predicted molar refractivity (Wildman–Crippen MR) is 95.7 cm³/mol. The highest BCUT2D eigenvalue weighted by Crippen LogP contribution is 2.25. The van der Waals surface area contributed by atoms with Crippen LogP contribution in [0.2, 0.25) is 0 Å². The molecule has 0 saturated heterocycles. The number of carbonyl (C=O) groups excluding carboxylic acids is 1. The molecule has 0 aliphatic carbocycles. The van der Waals surface area contributed by atoms with Crippen molar-refractivity contribution in [3.63, 3.8) is 0 Å². The highest BCUT2D eigenvalue weighted by atomic mass is 16.6. The molecule has 0 saturated carbocycles. The Bertz CT molecular complexity index is 868. The number of para-hydroxylation sites is 1. The van der Waals surface area contributed by atoms with Gasteiger partial charge in [-0.1, -0.05) is 36.9 Å². The molecule has 2 aromatic carbocycles. The minimum atomic E-state index is -0.503. The van der Waals surface area contributed by atoms with Crippen LogP contribution in [0.5, 0.6) is 11.5 Å². The van der Waals surface area contributed by atoms with E-state index < -0.39 is 5.97 Å². The molecule has 0 radical (unpaired) electrons. The molecule has 2 aromatic rings. The molecular formula is C20H17NO4. The Morgan fingerprint density at radius 3 is 2.84 bits per heavy atom. The zero-order valence-electron chi connectivity index (χ0n) is 13.8. The Hall–Kier alpha value is -3.34. The first kappa shape index (κ1) is 16.5. The molecule has 0 aromatic heterocycles. The van der Waals surface area contributed by atoms with Crippen LogP contribution in [0.1, 0.15) is 11.1 Å². The Kier molecular flexibility index (Phi) is 4.95. The second-order valence-electron chi connectivity index (χ2n) is 5.21. The van der Waals surface area contributed by atoms with Gasteiger partial charge in [0.25, 0.3) is 0 Å². The third-order valence-electron chi connectivity index (χ3n) is 3.51. The summed E-state index contributed by atoms with van der Waals surface area (Å²) < 4.78 is 16.1. The van der Waals surface area contributed by atoms with Gasteiger partial charge in [0, 0.05) is 11.1 Å². The van der Waals surface area contributed by atoms with Crippen LogP contribution in [0, 0.1) is 0 Å². The van der Waals surface area contributed by atoms with Crippen LogP contribution in [0.3, 0.4) is 0 Å². The molecule has 0 unspecified atom stereocenters. The molecule has 25 heavy (non-hydrogen) atoms. The van der Waals surface area contributed by atoms with Gasteiger partial charge in [-0.3, -0.25) is 0 Å². The lowest BCUT2D eigenvalue weighted by atomic mass is 10.1. The summed E-state index contributed by atoms with van der Waals surface area (Å²) in [4.78, 5) is 16.5. The standard InChI is InChI=1S/C20H17NO4/c1-3-11-24-18-10-5-4-7-14(18)13-17-20(22)25-19(21-17)15-8-6-9-16(12-15)23-2/h3-10,12-13H,1,11H2,2H3/b17-13-. The lowest BCUT2D eigenvalue weighted by Crippen LogP contribution is -2.05. The van der Waals surface area contributed by atoms with Crippen molar-refractivity contribution >= 4 is 17.9 Å². The fraction of sp³-hybridized carbons (Fsp3) is 0.100. The van der Waals surface area contributed by atoms with E-state index >= 15 is 0 Å². The van der Waals surface area contributed by atoms with E-state index in [-0.39, 0.29) is 11.6 Å². The van der Waals surface area contributed by atoms with Crippen molar-refractivity contribution < 1.29 is 19.0 Å². The maximum absolute atomic E-state index is 12.1. The Balaban J connectivity index is 1.92. The van der Waals surface area contributed by atoms with E-state index in [0.717, 1.165) is 5.56 Å². The third-order valence-corrected chi connectivity index (χ3v) is 3.51. The molecule has 0 N–H and O–H groups in total. The molecular weight excluding hydrogens is 318 g/mol. The van der Waals surface area contributed by atoms with Gasteiger partial charge < -0.3 is 14.2 Å². The van der Waals surface area contributed by atoms with Crippen LogP contribution < -0.4 is 9.47 Å². The number of aliphatic imine (C=N–C) groups is 1. The van der Waals surface area contributed by atoms with Gasteiger partial charge in [-0.05, 0) is 30.3 Å².